The number of phenolic OH excluding ortho intramolecular Hbond substituents is 1. The summed E-state index contributed by atoms with van der Waals surface area (Å²) in [4.78, 5) is 28.9. The van der Waals surface area contributed by atoms with Crippen molar-refractivity contribution in [3.05, 3.63) is 66.5 Å². The van der Waals surface area contributed by atoms with Crippen LogP contribution in [0.5, 0.6) is 5.75 Å². The fourth-order valence-electron chi connectivity index (χ4n) is 6.11. The second kappa shape index (κ2) is 10.9. The minimum absolute atomic E-state index is 0.0767. The topological polar surface area (TPSA) is 76.0 Å². The smallest absolute Gasteiger partial charge is 0.417 e. The molecule has 12 heteroatoms. The van der Waals surface area contributed by atoms with Crippen molar-refractivity contribution in [3.8, 4) is 16.9 Å². The van der Waals surface area contributed by atoms with Crippen molar-refractivity contribution in [1.29, 1.82) is 0 Å². The zero-order chi connectivity index (χ0) is 31.5. The number of piperazine rings is 1. The Labute approximate surface area is 251 Å². The van der Waals surface area contributed by atoms with Gasteiger partial charge >= 0.3 is 6.18 Å². The maximum atomic E-state index is 16.8. The third kappa shape index (κ3) is 5.06. The van der Waals surface area contributed by atoms with Gasteiger partial charge in [-0.1, -0.05) is 30.8 Å². The number of alkyl halides is 3. The van der Waals surface area contributed by atoms with Crippen LogP contribution in [0.15, 0.2) is 55.1 Å². The number of rotatable bonds is 5. The first kappa shape index (κ1) is 29.6. The van der Waals surface area contributed by atoms with Gasteiger partial charge in [-0.3, -0.25) is 4.79 Å². The molecule has 1 unspecified atom stereocenters. The highest BCUT2D eigenvalue weighted by Gasteiger charge is 2.39. The summed E-state index contributed by atoms with van der Waals surface area (Å²) in [6.07, 6.45) is -3.71. The normalized spacial score (nSPS) is 17.9. The first-order chi connectivity index (χ1) is 20.9. The Bertz CT molecular complexity index is 1790. The van der Waals surface area contributed by atoms with Gasteiger partial charge in [-0.2, -0.15) is 18.2 Å². The molecule has 0 bridgehead atoms. The number of hydrogen-bond donors (Lipinski definition) is 1. The van der Waals surface area contributed by atoms with E-state index in [-0.39, 0.29) is 65.1 Å². The summed E-state index contributed by atoms with van der Waals surface area (Å²) in [7, 11) is 3.90. The Morgan fingerprint density at radius 1 is 1.05 bits per heavy atom. The highest BCUT2D eigenvalue weighted by molar-refractivity contribution is 6.03. The van der Waals surface area contributed by atoms with Crippen LogP contribution < -0.4 is 9.80 Å². The molecule has 0 saturated carbocycles. The van der Waals surface area contributed by atoms with E-state index in [0.717, 1.165) is 12.1 Å². The van der Waals surface area contributed by atoms with E-state index in [1.54, 1.807) is 34.1 Å². The van der Waals surface area contributed by atoms with Crippen LogP contribution in [0.4, 0.5) is 29.3 Å². The van der Waals surface area contributed by atoms with E-state index >= 15 is 4.39 Å². The number of nitrogens with zero attached hydrogens (tertiary/aromatic N) is 6. The minimum Gasteiger partial charge on any atom is -0.508 e. The number of carbonyl (C=O) groups is 1. The summed E-state index contributed by atoms with van der Waals surface area (Å²) in [5.41, 5.74) is -2.21. The van der Waals surface area contributed by atoms with Crippen molar-refractivity contribution in [2.75, 3.05) is 56.6 Å². The molecule has 2 aliphatic rings. The summed E-state index contributed by atoms with van der Waals surface area (Å²) in [5.74, 6) is -1.28. The monoisotopic (exact) mass is 608 g/mol. The van der Waals surface area contributed by atoms with Crippen molar-refractivity contribution < 1.29 is 27.5 Å². The van der Waals surface area contributed by atoms with E-state index in [2.05, 4.69) is 16.5 Å². The average Bonchev–Trinajstić information content (AvgIpc) is 2.94. The highest BCUT2D eigenvalue weighted by atomic mass is 19.4. The SMILES string of the molecule is C=CC(=O)N1CCN(c2nc(N3CC(N(C)C)C3)nc3c(F)c(-c4cc(O)cc5ccccc45)c(C(F)(F)F)cc23)CC1C. The molecular formula is C32H32F4N6O2. The Morgan fingerprint density at radius 2 is 1.77 bits per heavy atom. The van der Waals surface area contributed by atoms with E-state index in [1.807, 2.05) is 25.9 Å². The highest BCUT2D eigenvalue weighted by Crippen LogP contribution is 2.46. The summed E-state index contributed by atoms with van der Waals surface area (Å²) >= 11 is 0. The number of carbonyl (C=O) groups excluding carboxylic acids is 1. The second-order valence-electron chi connectivity index (χ2n) is 11.6. The number of hydrogen-bond acceptors (Lipinski definition) is 7. The molecule has 1 amide bonds. The lowest BCUT2D eigenvalue weighted by molar-refractivity contribution is -0.137. The van der Waals surface area contributed by atoms with E-state index in [1.165, 1.54) is 12.1 Å². The Balaban J connectivity index is 1.59. The number of halogens is 4. The quantitative estimate of drug-likeness (QED) is 0.244. The van der Waals surface area contributed by atoms with Crippen LogP contribution in [0, 0.1) is 5.82 Å². The van der Waals surface area contributed by atoms with Gasteiger partial charge in [0.1, 0.15) is 17.1 Å². The number of likely N-dealkylation sites (N-methyl/N-ethyl adjacent to an activating group) is 1. The molecule has 2 saturated heterocycles. The molecule has 1 aromatic heterocycles. The lowest BCUT2D eigenvalue weighted by atomic mass is 9.92. The maximum absolute atomic E-state index is 16.8. The van der Waals surface area contributed by atoms with E-state index < -0.39 is 23.1 Å². The fourth-order valence-corrected chi connectivity index (χ4v) is 6.11. The number of fused-ring (bicyclic) bond motifs is 2. The number of phenols is 1. The number of amides is 1. The third-order valence-corrected chi connectivity index (χ3v) is 8.58. The predicted octanol–water partition coefficient (Wildman–Crippen LogP) is 5.29. The van der Waals surface area contributed by atoms with Crippen LogP contribution in [-0.4, -0.2) is 89.7 Å². The van der Waals surface area contributed by atoms with Gasteiger partial charge < -0.3 is 24.7 Å². The molecule has 8 nitrogen and oxygen atoms in total. The van der Waals surface area contributed by atoms with E-state index in [0.29, 0.717) is 30.4 Å². The van der Waals surface area contributed by atoms with Gasteiger partial charge in [-0.25, -0.2) is 9.37 Å². The van der Waals surface area contributed by atoms with Crippen LogP contribution in [0.2, 0.25) is 0 Å². The Morgan fingerprint density at radius 3 is 2.43 bits per heavy atom. The summed E-state index contributed by atoms with van der Waals surface area (Å²) < 4.78 is 61.2. The standard InChI is InChI=1S/C32H32F4N6O2/c1-5-26(44)42-11-10-40(15-18(42)2)30-24-14-25(32(34,35)36)27(23-13-21(43)12-19-8-6-7-9-22(19)23)28(33)29(24)37-31(38-30)41-16-20(17-41)39(3)4/h5-9,12-14,18,20,43H,1,10-11,15-17H2,2-4H3. The van der Waals surface area contributed by atoms with E-state index in [9.17, 15) is 23.1 Å². The molecule has 6 rings (SSSR count). The molecule has 1 N–H and O–H groups in total. The van der Waals surface area contributed by atoms with Gasteiger partial charge in [0.05, 0.1) is 5.56 Å². The van der Waals surface area contributed by atoms with Crippen molar-refractivity contribution >= 4 is 39.3 Å². The average molecular weight is 609 g/mol. The van der Waals surface area contributed by atoms with Crippen LogP contribution in [-0.2, 0) is 11.0 Å². The zero-order valence-corrected chi connectivity index (χ0v) is 24.6. The molecule has 3 aromatic carbocycles. The van der Waals surface area contributed by atoms with E-state index in [4.69, 9.17) is 4.98 Å². The first-order valence-electron chi connectivity index (χ1n) is 14.3. The van der Waals surface area contributed by atoms with Crippen molar-refractivity contribution in [2.24, 2.45) is 0 Å². The van der Waals surface area contributed by atoms with Crippen molar-refractivity contribution in [3.63, 3.8) is 0 Å². The van der Waals surface area contributed by atoms with Gasteiger partial charge in [0.15, 0.2) is 5.82 Å². The van der Waals surface area contributed by atoms with Crippen molar-refractivity contribution in [2.45, 2.75) is 25.2 Å². The molecule has 3 heterocycles. The number of aromatic hydroxyl groups is 1. The first-order valence-corrected chi connectivity index (χ1v) is 14.3. The van der Waals surface area contributed by atoms with Gasteiger partial charge in [-0.05, 0) is 61.6 Å². The molecule has 230 valence electrons. The second-order valence-corrected chi connectivity index (χ2v) is 11.6. The maximum Gasteiger partial charge on any atom is 0.417 e. The fraction of sp³-hybridized carbons (Fsp3) is 0.344. The summed E-state index contributed by atoms with van der Waals surface area (Å²) in [6, 6.07) is 9.99. The molecule has 1 atom stereocenters. The molecular weight excluding hydrogens is 576 g/mol. The Kier molecular flexibility index (Phi) is 7.35. The lowest BCUT2D eigenvalue weighted by Crippen LogP contribution is -2.58. The largest absolute Gasteiger partial charge is 0.508 e. The number of benzene rings is 3. The summed E-state index contributed by atoms with van der Waals surface area (Å²) in [5, 5.41) is 11.2. The molecule has 0 spiro atoms. The molecule has 44 heavy (non-hydrogen) atoms. The third-order valence-electron chi connectivity index (χ3n) is 8.58. The van der Waals surface area contributed by atoms with Crippen molar-refractivity contribution in [1.82, 2.24) is 19.8 Å². The molecule has 0 radical (unpaired) electrons. The van der Waals surface area contributed by atoms with Gasteiger partial charge in [0.25, 0.3) is 0 Å². The summed E-state index contributed by atoms with van der Waals surface area (Å²) in [6.45, 7) is 7.37. The molecule has 2 fully saturated rings. The van der Waals surface area contributed by atoms with Gasteiger partial charge in [-0.15, -0.1) is 0 Å². The number of aromatic nitrogens is 2. The van der Waals surface area contributed by atoms with Crippen LogP contribution in [0.1, 0.15) is 12.5 Å². The predicted molar refractivity (Wildman–Crippen MR) is 162 cm³/mol. The lowest BCUT2D eigenvalue weighted by Gasteiger charge is -2.43. The molecule has 0 aliphatic carbocycles. The van der Waals surface area contributed by atoms with Gasteiger partial charge in [0.2, 0.25) is 11.9 Å². The molecule has 4 aromatic rings. The van der Waals surface area contributed by atoms with Gasteiger partial charge in [0, 0.05) is 55.8 Å². The number of anilines is 2. The van der Waals surface area contributed by atoms with Crippen LogP contribution in [0.25, 0.3) is 32.8 Å². The zero-order valence-electron chi connectivity index (χ0n) is 24.6. The minimum atomic E-state index is -4.94. The van der Waals surface area contributed by atoms with Crippen LogP contribution >= 0.6 is 0 Å². The molecule has 2 aliphatic heterocycles. The van der Waals surface area contributed by atoms with Crippen LogP contribution in [0.3, 0.4) is 0 Å². The Hall–Kier alpha value is -4.45.